The molecule has 0 bridgehead atoms. The molecule has 2 fully saturated rings. The molecular weight excluding hydrogens is 230 g/mol. The van der Waals surface area contributed by atoms with Crippen LogP contribution in [0.15, 0.2) is 0 Å². The second-order valence-corrected chi connectivity index (χ2v) is 5.79. The third-order valence-electron chi connectivity index (χ3n) is 3.95. The van der Waals surface area contributed by atoms with Crippen molar-refractivity contribution in [1.82, 2.24) is 15.5 Å². The third-order valence-corrected chi connectivity index (χ3v) is 3.95. The van der Waals surface area contributed by atoms with Crippen LogP contribution in [0.1, 0.15) is 33.1 Å². The van der Waals surface area contributed by atoms with E-state index in [0.717, 1.165) is 25.9 Å². The maximum atomic E-state index is 12.0. The topological polar surface area (TPSA) is 64.6 Å². The molecular formula is C13H25N3O2. The van der Waals surface area contributed by atoms with E-state index in [9.17, 15) is 9.90 Å². The van der Waals surface area contributed by atoms with Crippen LogP contribution in [0.2, 0.25) is 0 Å². The molecule has 1 unspecified atom stereocenters. The first-order valence-electron chi connectivity index (χ1n) is 7.02. The van der Waals surface area contributed by atoms with Gasteiger partial charge in [0.25, 0.3) is 0 Å². The van der Waals surface area contributed by atoms with Gasteiger partial charge in [-0.2, -0.15) is 0 Å². The fraction of sp³-hybridized carbons (Fsp3) is 0.923. The van der Waals surface area contributed by atoms with Gasteiger partial charge in [0.1, 0.15) is 0 Å². The van der Waals surface area contributed by atoms with Crippen molar-refractivity contribution in [3.8, 4) is 0 Å². The lowest BCUT2D eigenvalue weighted by molar-refractivity contribution is -0.124. The third kappa shape index (κ3) is 3.43. The Kier molecular flexibility index (Phi) is 4.59. The van der Waals surface area contributed by atoms with Gasteiger partial charge < -0.3 is 15.7 Å². The second kappa shape index (κ2) is 5.99. The summed E-state index contributed by atoms with van der Waals surface area (Å²) in [6, 6.07) is 0.582. The zero-order chi connectivity index (χ0) is 13.1. The van der Waals surface area contributed by atoms with Gasteiger partial charge in [0.15, 0.2) is 0 Å². The second-order valence-electron chi connectivity index (χ2n) is 5.79. The van der Waals surface area contributed by atoms with Gasteiger partial charge in [0.2, 0.25) is 5.91 Å². The van der Waals surface area contributed by atoms with E-state index in [2.05, 4.69) is 29.4 Å². The Hall–Kier alpha value is -0.650. The summed E-state index contributed by atoms with van der Waals surface area (Å²) in [6.45, 7) is 6.99. The van der Waals surface area contributed by atoms with Crippen LogP contribution in [0.4, 0.5) is 0 Å². The van der Waals surface area contributed by atoms with Crippen molar-refractivity contribution in [3.63, 3.8) is 0 Å². The summed E-state index contributed by atoms with van der Waals surface area (Å²) in [6.07, 6.45) is 2.36. The van der Waals surface area contributed by atoms with E-state index in [1.165, 1.54) is 0 Å². The van der Waals surface area contributed by atoms with Crippen LogP contribution in [0, 0.1) is 0 Å². The molecule has 3 atom stereocenters. The zero-order valence-electron chi connectivity index (χ0n) is 11.4. The lowest BCUT2D eigenvalue weighted by Gasteiger charge is -2.36. The summed E-state index contributed by atoms with van der Waals surface area (Å²) in [7, 11) is 0. The summed E-state index contributed by atoms with van der Waals surface area (Å²) in [5.41, 5.74) is 0. The number of hydrogen-bond donors (Lipinski definition) is 3. The molecule has 0 aliphatic carbocycles. The number of carbonyl (C=O) groups excluding carboxylic acids is 1. The molecule has 5 nitrogen and oxygen atoms in total. The molecule has 2 aliphatic rings. The van der Waals surface area contributed by atoms with Crippen molar-refractivity contribution >= 4 is 5.91 Å². The monoisotopic (exact) mass is 255 g/mol. The molecule has 2 aliphatic heterocycles. The summed E-state index contributed by atoms with van der Waals surface area (Å²) >= 11 is 0. The van der Waals surface area contributed by atoms with Gasteiger partial charge in [0.05, 0.1) is 12.1 Å². The van der Waals surface area contributed by atoms with Crippen molar-refractivity contribution < 1.29 is 9.90 Å². The van der Waals surface area contributed by atoms with Crippen molar-refractivity contribution in [1.29, 1.82) is 0 Å². The van der Waals surface area contributed by atoms with Crippen LogP contribution in [-0.2, 0) is 4.79 Å². The SMILES string of the molecule is CC(C)N1CCCC(NC(=O)[C@@H]2C[C@H](O)CN2)C1. The van der Waals surface area contributed by atoms with Crippen LogP contribution in [0.25, 0.3) is 0 Å². The number of rotatable bonds is 3. The van der Waals surface area contributed by atoms with Gasteiger partial charge in [-0.15, -0.1) is 0 Å². The lowest BCUT2D eigenvalue weighted by Crippen LogP contribution is -2.53. The molecule has 1 amide bonds. The standard InChI is InChI=1S/C13H25N3O2/c1-9(2)16-5-3-4-10(8-16)15-13(18)12-6-11(17)7-14-12/h9-12,14,17H,3-8H2,1-2H3,(H,15,18)/t10?,11-,12-/m0/s1. The van der Waals surface area contributed by atoms with E-state index in [-0.39, 0.29) is 24.1 Å². The summed E-state index contributed by atoms with van der Waals surface area (Å²) in [4.78, 5) is 14.4. The molecule has 5 heteroatoms. The van der Waals surface area contributed by atoms with Crippen LogP contribution in [0.3, 0.4) is 0 Å². The Morgan fingerprint density at radius 2 is 2.28 bits per heavy atom. The first-order valence-corrected chi connectivity index (χ1v) is 7.02. The van der Waals surface area contributed by atoms with Crippen molar-refractivity contribution in [2.75, 3.05) is 19.6 Å². The van der Waals surface area contributed by atoms with E-state index in [1.807, 2.05) is 0 Å². The Morgan fingerprint density at radius 1 is 1.50 bits per heavy atom. The summed E-state index contributed by atoms with van der Waals surface area (Å²) < 4.78 is 0. The van der Waals surface area contributed by atoms with E-state index in [0.29, 0.717) is 19.0 Å². The number of hydrogen-bond acceptors (Lipinski definition) is 4. The highest BCUT2D eigenvalue weighted by atomic mass is 16.3. The van der Waals surface area contributed by atoms with Crippen LogP contribution in [0.5, 0.6) is 0 Å². The zero-order valence-corrected chi connectivity index (χ0v) is 11.4. The Balaban J connectivity index is 1.80. The van der Waals surface area contributed by atoms with Gasteiger partial charge in [-0.3, -0.25) is 9.69 Å². The van der Waals surface area contributed by atoms with Crippen molar-refractivity contribution in [2.24, 2.45) is 0 Å². The predicted octanol–water partition coefficient (Wildman–Crippen LogP) is -0.302. The molecule has 0 aromatic carbocycles. The summed E-state index contributed by atoms with van der Waals surface area (Å²) in [5.74, 6) is 0.0437. The van der Waals surface area contributed by atoms with E-state index in [1.54, 1.807) is 0 Å². The highest BCUT2D eigenvalue weighted by molar-refractivity contribution is 5.82. The molecule has 0 saturated carbocycles. The minimum atomic E-state index is -0.376. The van der Waals surface area contributed by atoms with Gasteiger partial charge in [-0.05, 0) is 39.7 Å². The Bertz CT molecular complexity index is 296. The van der Waals surface area contributed by atoms with E-state index >= 15 is 0 Å². The molecule has 104 valence electrons. The van der Waals surface area contributed by atoms with Crippen LogP contribution < -0.4 is 10.6 Å². The van der Waals surface area contributed by atoms with Gasteiger partial charge >= 0.3 is 0 Å². The highest BCUT2D eigenvalue weighted by Crippen LogP contribution is 2.14. The Morgan fingerprint density at radius 3 is 2.89 bits per heavy atom. The number of amides is 1. The number of β-amino-alcohol motifs (C(OH)–C–C–N with tert-alkyl or cyclic N) is 1. The number of piperidine rings is 1. The normalized spacial score (nSPS) is 33.9. The average Bonchev–Trinajstić information content (AvgIpc) is 2.76. The maximum absolute atomic E-state index is 12.0. The molecule has 0 spiro atoms. The quantitative estimate of drug-likeness (QED) is 0.648. The van der Waals surface area contributed by atoms with Crippen molar-refractivity contribution in [2.45, 2.75) is 57.3 Å². The fourth-order valence-electron chi connectivity index (χ4n) is 2.81. The summed E-state index contributed by atoms with van der Waals surface area (Å²) in [5, 5.41) is 15.6. The molecule has 2 saturated heterocycles. The van der Waals surface area contributed by atoms with Gasteiger partial charge in [-0.25, -0.2) is 0 Å². The average molecular weight is 255 g/mol. The number of carbonyl (C=O) groups is 1. The largest absolute Gasteiger partial charge is 0.392 e. The molecule has 0 radical (unpaired) electrons. The molecule has 2 rings (SSSR count). The van der Waals surface area contributed by atoms with Crippen LogP contribution >= 0.6 is 0 Å². The van der Waals surface area contributed by atoms with Crippen molar-refractivity contribution in [3.05, 3.63) is 0 Å². The molecule has 18 heavy (non-hydrogen) atoms. The fourth-order valence-corrected chi connectivity index (χ4v) is 2.81. The number of likely N-dealkylation sites (tertiary alicyclic amines) is 1. The first-order chi connectivity index (χ1) is 8.56. The minimum Gasteiger partial charge on any atom is -0.392 e. The van der Waals surface area contributed by atoms with E-state index in [4.69, 9.17) is 0 Å². The number of aliphatic hydroxyl groups excluding tert-OH is 1. The highest BCUT2D eigenvalue weighted by Gasteiger charge is 2.30. The lowest BCUT2D eigenvalue weighted by atomic mass is 10.0. The smallest absolute Gasteiger partial charge is 0.237 e. The predicted molar refractivity (Wildman–Crippen MR) is 70.3 cm³/mol. The molecule has 3 N–H and O–H groups in total. The van der Waals surface area contributed by atoms with Gasteiger partial charge in [-0.1, -0.05) is 0 Å². The molecule has 2 heterocycles. The number of nitrogens with zero attached hydrogens (tertiary/aromatic N) is 1. The molecule has 0 aromatic rings. The molecule has 0 aromatic heterocycles. The van der Waals surface area contributed by atoms with E-state index < -0.39 is 0 Å². The minimum absolute atomic E-state index is 0.0437. The maximum Gasteiger partial charge on any atom is 0.237 e. The van der Waals surface area contributed by atoms with Gasteiger partial charge in [0, 0.05) is 25.2 Å². The number of aliphatic hydroxyl groups is 1. The van der Waals surface area contributed by atoms with Crippen LogP contribution in [-0.4, -0.2) is 59.8 Å². The number of nitrogens with one attached hydrogen (secondary N) is 2. The Labute approximate surface area is 109 Å². The first kappa shape index (κ1) is 13.8.